The minimum Gasteiger partial charge on any atom is -0.174 e. The molecule has 0 saturated carbocycles. The maximum absolute atomic E-state index is 4.43. The first-order valence-electron chi connectivity index (χ1n) is 3.41. The molecule has 0 bridgehead atoms. The first kappa shape index (κ1) is 8.28. The van der Waals surface area contributed by atoms with E-state index < -0.39 is 0 Å². The van der Waals surface area contributed by atoms with Crippen LogP contribution in [0.15, 0.2) is 24.8 Å². The second kappa shape index (κ2) is 3.54. The van der Waals surface area contributed by atoms with E-state index >= 15 is 0 Å². The molecule has 0 aromatic heterocycles. The highest BCUT2D eigenvalue weighted by Gasteiger charge is 2.22. The summed E-state index contributed by atoms with van der Waals surface area (Å²) in [4.78, 5) is 0. The number of hydrogen-bond donors (Lipinski definition) is 2. The Balaban J connectivity index is 2.64. The van der Waals surface area contributed by atoms with Gasteiger partial charge in [-0.25, -0.2) is 0 Å². The predicted molar refractivity (Wildman–Crippen MR) is 53.0 cm³/mol. The van der Waals surface area contributed by atoms with Crippen LogP contribution >= 0.6 is 25.3 Å². The Bertz CT molecular complexity index is 151. The molecule has 2 heteroatoms. The van der Waals surface area contributed by atoms with E-state index in [0.29, 0.717) is 16.4 Å². The summed E-state index contributed by atoms with van der Waals surface area (Å²) in [7, 11) is 0. The van der Waals surface area contributed by atoms with E-state index in [0.717, 1.165) is 6.42 Å². The van der Waals surface area contributed by atoms with Gasteiger partial charge in [0.25, 0.3) is 0 Å². The molecule has 0 heterocycles. The molecule has 1 aliphatic rings. The lowest BCUT2D eigenvalue weighted by molar-refractivity contribution is 0.614. The Kier molecular flexibility index (Phi) is 2.93. The Hall–Kier alpha value is 0.180. The molecule has 0 fully saturated rings. The molecule has 10 heavy (non-hydrogen) atoms. The van der Waals surface area contributed by atoms with Gasteiger partial charge >= 0.3 is 0 Å². The summed E-state index contributed by atoms with van der Waals surface area (Å²) in [5.41, 5.74) is 0. The quantitative estimate of drug-likeness (QED) is 0.440. The number of rotatable bonds is 1. The van der Waals surface area contributed by atoms with Crippen LogP contribution in [0.3, 0.4) is 0 Å². The van der Waals surface area contributed by atoms with Crippen molar-refractivity contribution in [1.82, 2.24) is 0 Å². The van der Waals surface area contributed by atoms with Gasteiger partial charge in [0, 0.05) is 10.5 Å². The van der Waals surface area contributed by atoms with Crippen LogP contribution in [0, 0.1) is 5.92 Å². The summed E-state index contributed by atoms with van der Waals surface area (Å²) < 4.78 is 0. The van der Waals surface area contributed by atoms with Crippen LogP contribution in [0.5, 0.6) is 0 Å². The van der Waals surface area contributed by atoms with E-state index in [9.17, 15) is 0 Å². The molecule has 3 unspecified atom stereocenters. The Morgan fingerprint density at radius 3 is 2.70 bits per heavy atom. The first-order valence-corrected chi connectivity index (χ1v) is 4.44. The van der Waals surface area contributed by atoms with E-state index in [2.05, 4.69) is 44.0 Å². The summed E-state index contributed by atoms with van der Waals surface area (Å²) in [5.74, 6) is 0.496. The number of hydrogen-bond acceptors (Lipinski definition) is 2. The molecular formula is C8H12S2. The topological polar surface area (TPSA) is 0 Å². The fourth-order valence-electron chi connectivity index (χ4n) is 1.12. The molecule has 56 valence electrons. The van der Waals surface area contributed by atoms with Crippen LogP contribution < -0.4 is 0 Å². The van der Waals surface area contributed by atoms with Gasteiger partial charge in [0.2, 0.25) is 0 Å². The highest BCUT2D eigenvalue weighted by Crippen LogP contribution is 2.27. The van der Waals surface area contributed by atoms with Crippen molar-refractivity contribution in [2.45, 2.75) is 16.9 Å². The molecule has 0 aromatic carbocycles. The normalized spacial score (nSPS) is 39.6. The summed E-state index contributed by atoms with van der Waals surface area (Å²) >= 11 is 8.79. The predicted octanol–water partition coefficient (Wildman–Crippen LogP) is 2.35. The molecule has 0 spiro atoms. The highest BCUT2D eigenvalue weighted by atomic mass is 32.1. The molecule has 0 radical (unpaired) electrons. The van der Waals surface area contributed by atoms with Crippen molar-refractivity contribution in [1.29, 1.82) is 0 Å². The van der Waals surface area contributed by atoms with Crippen molar-refractivity contribution in [3.05, 3.63) is 24.8 Å². The smallest absolute Gasteiger partial charge is 0.0319 e. The largest absolute Gasteiger partial charge is 0.174 e. The summed E-state index contributed by atoms with van der Waals surface area (Å²) in [6, 6.07) is 0. The van der Waals surface area contributed by atoms with Crippen LogP contribution in [0.1, 0.15) is 6.42 Å². The second-order valence-electron chi connectivity index (χ2n) is 2.54. The van der Waals surface area contributed by atoms with Gasteiger partial charge in [0.05, 0.1) is 0 Å². The zero-order valence-corrected chi connectivity index (χ0v) is 7.56. The third-order valence-electron chi connectivity index (χ3n) is 1.83. The van der Waals surface area contributed by atoms with Crippen LogP contribution in [0.25, 0.3) is 0 Å². The number of allylic oxidation sites excluding steroid dienone is 2. The van der Waals surface area contributed by atoms with Crippen molar-refractivity contribution in [3.8, 4) is 0 Å². The van der Waals surface area contributed by atoms with E-state index in [1.807, 2.05) is 6.08 Å². The van der Waals surface area contributed by atoms with Gasteiger partial charge < -0.3 is 0 Å². The third kappa shape index (κ3) is 1.61. The Morgan fingerprint density at radius 1 is 1.50 bits per heavy atom. The van der Waals surface area contributed by atoms with Crippen molar-refractivity contribution >= 4 is 25.3 Å². The van der Waals surface area contributed by atoms with Gasteiger partial charge in [-0.15, -0.1) is 6.58 Å². The van der Waals surface area contributed by atoms with E-state index in [1.54, 1.807) is 0 Å². The third-order valence-corrected chi connectivity index (χ3v) is 3.27. The fraction of sp³-hybridized carbons (Fsp3) is 0.500. The molecule has 1 rings (SSSR count). The molecular weight excluding hydrogens is 160 g/mol. The molecule has 0 aromatic rings. The lowest BCUT2D eigenvalue weighted by atomic mass is 9.94. The average molecular weight is 172 g/mol. The van der Waals surface area contributed by atoms with Gasteiger partial charge in [-0.05, 0) is 12.3 Å². The molecule has 3 atom stereocenters. The van der Waals surface area contributed by atoms with E-state index in [-0.39, 0.29) is 0 Å². The summed E-state index contributed by atoms with van der Waals surface area (Å²) in [6.07, 6.45) is 7.27. The molecule has 0 aliphatic heterocycles. The van der Waals surface area contributed by atoms with Gasteiger partial charge in [-0.2, -0.15) is 25.3 Å². The van der Waals surface area contributed by atoms with Crippen LogP contribution in [0.2, 0.25) is 0 Å². The first-order chi connectivity index (χ1) is 4.75. The SMILES string of the molecule is C=CC1CC=CC(S)C1S. The Labute approximate surface area is 73.2 Å². The zero-order valence-electron chi connectivity index (χ0n) is 5.77. The van der Waals surface area contributed by atoms with E-state index in [1.165, 1.54) is 0 Å². The molecule has 0 amide bonds. The maximum Gasteiger partial charge on any atom is 0.0319 e. The monoisotopic (exact) mass is 172 g/mol. The van der Waals surface area contributed by atoms with Crippen molar-refractivity contribution in [2.75, 3.05) is 0 Å². The van der Waals surface area contributed by atoms with Crippen LogP contribution in [-0.2, 0) is 0 Å². The van der Waals surface area contributed by atoms with E-state index in [4.69, 9.17) is 0 Å². The average Bonchev–Trinajstić information content (AvgIpc) is 1.95. The highest BCUT2D eigenvalue weighted by molar-refractivity contribution is 7.85. The minimum atomic E-state index is 0.292. The lowest BCUT2D eigenvalue weighted by Gasteiger charge is -2.25. The molecule has 0 saturated heterocycles. The molecule has 1 aliphatic carbocycles. The minimum absolute atomic E-state index is 0.292. The van der Waals surface area contributed by atoms with Gasteiger partial charge in [0.15, 0.2) is 0 Å². The van der Waals surface area contributed by atoms with Gasteiger partial charge in [-0.3, -0.25) is 0 Å². The molecule has 0 N–H and O–H groups in total. The maximum atomic E-state index is 4.43. The molecule has 0 nitrogen and oxygen atoms in total. The fourth-order valence-corrected chi connectivity index (χ4v) is 1.80. The lowest BCUT2D eigenvalue weighted by Crippen LogP contribution is -2.24. The zero-order chi connectivity index (χ0) is 7.56. The van der Waals surface area contributed by atoms with Crippen LogP contribution in [0.4, 0.5) is 0 Å². The van der Waals surface area contributed by atoms with Gasteiger partial charge in [-0.1, -0.05) is 18.2 Å². The standard InChI is InChI=1S/C8H12S2/c1-2-6-4-3-5-7(9)8(6)10/h2-3,5-10H,1,4H2. The Morgan fingerprint density at radius 2 is 2.20 bits per heavy atom. The van der Waals surface area contributed by atoms with Gasteiger partial charge in [0.1, 0.15) is 0 Å². The summed E-state index contributed by atoms with van der Waals surface area (Å²) in [5, 5.41) is 0.630. The number of thiol groups is 2. The second-order valence-corrected chi connectivity index (χ2v) is 3.74. The van der Waals surface area contributed by atoms with Crippen LogP contribution in [-0.4, -0.2) is 10.5 Å². The van der Waals surface area contributed by atoms with Crippen molar-refractivity contribution < 1.29 is 0 Å². The van der Waals surface area contributed by atoms with Crippen molar-refractivity contribution in [2.24, 2.45) is 5.92 Å². The summed E-state index contributed by atoms with van der Waals surface area (Å²) in [6.45, 7) is 3.75. The van der Waals surface area contributed by atoms with Crippen molar-refractivity contribution in [3.63, 3.8) is 0 Å².